The van der Waals surface area contributed by atoms with E-state index in [4.69, 9.17) is 9.90 Å². The van der Waals surface area contributed by atoms with Gasteiger partial charge in [-0.15, -0.1) is 0 Å². The molecule has 3 nitrogen and oxygen atoms in total. The van der Waals surface area contributed by atoms with Crippen molar-refractivity contribution >= 4 is 29.1 Å². The molecule has 0 amide bonds. The lowest BCUT2D eigenvalue weighted by molar-refractivity contribution is -0.302. The molecule has 0 aliphatic heterocycles. The highest BCUT2D eigenvalue weighted by Gasteiger charge is 2.47. The van der Waals surface area contributed by atoms with Crippen LogP contribution in [0.5, 0.6) is 0 Å². The minimum atomic E-state index is -1.84. The number of carboxylic acids is 1. The quantitative estimate of drug-likeness (QED) is 0.621. The minimum absolute atomic E-state index is 0.228. The molecule has 0 aliphatic carbocycles. The van der Waals surface area contributed by atoms with E-state index in [0.29, 0.717) is 0 Å². The molecule has 1 N–H and O–H groups in total. The van der Waals surface area contributed by atoms with E-state index in [1.807, 2.05) is 0 Å². The third kappa shape index (κ3) is 5.36. The van der Waals surface area contributed by atoms with Crippen molar-refractivity contribution in [2.24, 2.45) is 0 Å². The lowest BCUT2D eigenvalue weighted by Gasteiger charge is -2.31. The Morgan fingerprint density at radius 3 is 1.33 bits per heavy atom. The fourth-order valence-electron chi connectivity index (χ4n) is 4.03. The van der Waals surface area contributed by atoms with Gasteiger partial charge >= 0.3 is 0 Å². The molecule has 3 aromatic rings. The summed E-state index contributed by atoms with van der Waals surface area (Å²) in [6.45, 7) is 7.87. The first-order valence-electron chi connectivity index (χ1n) is 10.2. The molecule has 0 radical (unpaired) electrons. The Morgan fingerprint density at radius 2 is 1.07 bits per heavy atom. The van der Waals surface area contributed by atoms with Gasteiger partial charge in [-0.25, -0.2) is 0 Å². The molecule has 3 rings (SSSR count). The van der Waals surface area contributed by atoms with Gasteiger partial charge in [-0.1, -0.05) is 54.6 Å². The summed E-state index contributed by atoms with van der Waals surface area (Å²) >= 11 is 0. The molecule has 4 heteroatoms. The van der Waals surface area contributed by atoms with Crippen molar-refractivity contribution in [3.05, 3.63) is 89.5 Å². The Kier molecular flexibility index (Phi) is 8.77. The highest BCUT2D eigenvalue weighted by molar-refractivity contribution is 7.96. The molecule has 0 spiro atoms. The first-order valence-corrected chi connectivity index (χ1v) is 12.2. The van der Waals surface area contributed by atoms with Crippen LogP contribution in [0.2, 0.25) is 0 Å². The summed E-state index contributed by atoms with van der Waals surface area (Å²) in [6, 6.07) is 26.4. The second-order valence-corrected chi connectivity index (χ2v) is 11.0. The Hall–Kier alpha value is -2.48. The van der Waals surface area contributed by atoms with Crippen LogP contribution in [0.1, 0.15) is 30.0 Å². The number of carbonyl (C=O) groups excluding carboxylic acids is 1. The molecule has 158 valence electrons. The molecule has 0 fully saturated rings. The topological polar surface area (TPSA) is 60.4 Å². The standard InChI is InChI=1S/C24H28OP.C2H4O2/c1-19-11-4-7-14-22(19)26(18-10-17-25,23-15-8-5-12-20(23)2)24-16-9-6-13-21(24)3;1-2(3)4/h4-9,11-16,25H,10,17-18H2,1-3H3;1H3,(H,3,4)/q+1;/p-1. The fourth-order valence-corrected chi connectivity index (χ4v) is 9.20. The summed E-state index contributed by atoms with van der Waals surface area (Å²) < 4.78 is 0. The van der Waals surface area contributed by atoms with Crippen LogP contribution in [-0.2, 0) is 4.79 Å². The van der Waals surface area contributed by atoms with Gasteiger partial charge in [-0.05, 0) is 62.6 Å². The SMILES string of the molecule is CC(=O)[O-].Cc1ccccc1[P+](CCCO)(c1ccccc1C)c1ccccc1C. The van der Waals surface area contributed by atoms with Gasteiger partial charge in [0.2, 0.25) is 0 Å². The van der Waals surface area contributed by atoms with Gasteiger partial charge in [0.25, 0.3) is 0 Å². The van der Waals surface area contributed by atoms with Crippen LogP contribution in [0.25, 0.3) is 0 Å². The fraction of sp³-hybridized carbons (Fsp3) is 0.269. The Labute approximate surface area is 180 Å². The molecule has 0 unspecified atom stereocenters. The molecule has 0 saturated carbocycles. The highest BCUT2D eigenvalue weighted by Crippen LogP contribution is 2.57. The number of aliphatic hydroxyl groups excluding tert-OH is 1. The lowest BCUT2D eigenvalue weighted by atomic mass is 10.2. The zero-order valence-electron chi connectivity index (χ0n) is 18.3. The Bertz CT molecular complexity index is 866. The number of hydrogen-bond donors (Lipinski definition) is 1. The van der Waals surface area contributed by atoms with Gasteiger partial charge in [-0.2, -0.15) is 0 Å². The number of carboxylic acid groups (broad SMARTS) is 1. The maximum absolute atomic E-state index is 9.70. The van der Waals surface area contributed by atoms with Crippen LogP contribution in [-0.4, -0.2) is 23.8 Å². The molecule has 0 bridgehead atoms. The number of aliphatic carboxylic acids is 1. The van der Waals surface area contributed by atoms with Crippen molar-refractivity contribution in [1.29, 1.82) is 0 Å². The van der Waals surface area contributed by atoms with E-state index in [1.54, 1.807) is 0 Å². The first-order chi connectivity index (χ1) is 14.3. The predicted molar refractivity (Wildman–Crippen MR) is 127 cm³/mol. The third-order valence-corrected chi connectivity index (χ3v) is 10.2. The van der Waals surface area contributed by atoms with Crippen molar-refractivity contribution in [3.63, 3.8) is 0 Å². The lowest BCUT2D eigenvalue weighted by Crippen LogP contribution is -2.37. The first kappa shape index (κ1) is 23.8. The van der Waals surface area contributed by atoms with E-state index in [2.05, 4.69) is 93.6 Å². The van der Waals surface area contributed by atoms with Gasteiger partial charge in [0.15, 0.2) is 0 Å². The van der Waals surface area contributed by atoms with Crippen LogP contribution in [0.4, 0.5) is 0 Å². The van der Waals surface area contributed by atoms with Gasteiger partial charge in [0.05, 0.1) is 6.16 Å². The number of rotatable bonds is 6. The number of benzene rings is 3. The highest BCUT2D eigenvalue weighted by atomic mass is 31.2. The number of aliphatic hydroxyl groups is 1. The summed E-state index contributed by atoms with van der Waals surface area (Å²) in [4.78, 5) is 8.89. The summed E-state index contributed by atoms with van der Waals surface area (Å²) in [5, 5.41) is 22.9. The third-order valence-electron chi connectivity index (χ3n) is 5.23. The molecular formula is C26H31O3P. The van der Waals surface area contributed by atoms with E-state index < -0.39 is 13.2 Å². The van der Waals surface area contributed by atoms with Gasteiger partial charge in [0.1, 0.15) is 23.2 Å². The average molecular weight is 423 g/mol. The molecule has 0 atom stereocenters. The summed E-state index contributed by atoms with van der Waals surface area (Å²) in [6.07, 6.45) is 1.80. The summed E-state index contributed by atoms with van der Waals surface area (Å²) in [7, 11) is -1.84. The van der Waals surface area contributed by atoms with E-state index in [-0.39, 0.29) is 6.61 Å². The average Bonchev–Trinajstić information content (AvgIpc) is 2.71. The maximum atomic E-state index is 9.70. The van der Waals surface area contributed by atoms with Gasteiger partial charge in [0, 0.05) is 19.0 Å². The normalized spacial score (nSPS) is 10.8. The zero-order chi connectivity index (χ0) is 22.1. The van der Waals surface area contributed by atoms with Crippen LogP contribution < -0.4 is 21.0 Å². The van der Waals surface area contributed by atoms with E-state index in [0.717, 1.165) is 19.5 Å². The van der Waals surface area contributed by atoms with Crippen LogP contribution in [0, 0.1) is 20.8 Å². The smallest absolute Gasteiger partial charge is 0.113 e. The molecule has 0 heterocycles. The second kappa shape index (κ2) is 11.1. The molecule has 0 aromatic heterocycles. The minimum Gasteiger partial charge on any atom is -0.550 e. The largest absolute Gasteiger partial charge is 0.550 e. The molecule has 3 aromatic carbocycles. The van der Waals surface area contributed by atoms with Crippen LogP contribution in [0.15, 0.2) is 72.8 Å². The predicted octanol–water partition coefficient (Wildman–Crippen LogP) is 3.04. The monoisotopic (exact) mass is 422 g/mol. The van der Waals surface area contributed by atoms with Crippen molar-refractivity contribution < 1.29 is 15.0 Å². The number of hydrogen-bond acceptors (Lipinski definition) is 3. The zero-order valence-corrected chi connectivity index (χ0v) is 19.2. The Morgan fingerprint density at radius 1 is 0.767 bits per heavy atom. The Balaban J connectivity index is 0.000000735. The maximum Gasteiger partial charge on any atom is 0.113 e. The molecule has 30 heavy (non-hydrogen) atoms. The molecule has 0 aliphatic rings. The summed E-state index contributed by atoms with van der Waals surface area (Å²) in [5.74, 6) is -1.08. The number of carbonyl (C=O) groups is 1. The van der Waals surface area contributed by atoms with Crippen molar-refractivity contribution in [3.8, 4) is 0 Å². The molecule has 0 saturated heterocycles. The van der Waals surface area contributed by atoms with Crippen molar-refractivity contribution in [2.75, 3.05) is 12.8 Å². The van der Waals surface area contributed by atoms with Gasteiger partial charge < -0.3 is 15.0 Å². The summed E-state index contributed by atoms with van der Waals surface area (Å²) in [5.41, 5.74) is 4.01. The van der Waals surface area contributed by atoms with Crippen LogP contribution >= 0.6 is 7.26 Å². The van der Waals surface area contributed by atoms with E-state index in [9.17, 15) is 5.11 Å². The molecular weight excluding hydrogens is 391 g/mol. The van der Waals surface area contributed by atoms with Crippen molar-refractivity contribution in [2.45, 2.75) is 34.1 Å². The van der Waals surface area contributed by atoms with Crippen LogP contribution in [0.3, 0.4) is 0 Å². The number of aryl methyl sites for hydroxylation is 3. The van der Waals surface area contributed by atoms with E-state index >= 15 is 0 Å². The van der Waals surface area contributed by atoms with E-state index in [1.165, 1.54) is 32.6 Å². The van der Waals surface area contributed by atoms with Crippen molar-refractivity contribution in [1.82, 2.24) is 0 Å². The van der Waals surface area contributed by atoms with Gasteiger partial charge in [-0.3, -0.25) is 0 Å². The second-order valence-electron chi connectivity index (χ2n) is 7.46.